The van der Waals surface area contributed by atoms with Crippen molar-refractivity contribution in [2.24, 2.45) is 0 Å². The first-order chi connectivity index (χ1) is 13.2. The number of carbonyl (C=O) groups excluding carboxylic acids is 2. The summed E-state index contributed by atoms with van der Waals surface area (Å²) >= 11 is 0. The lowest BCUT2D eigenvalue weighted by atomic mass is 10.1. The van der Waals surface area contributed by atoms with E-state index >= 15 is 0 Å². The zero-order valence-corrected chi connectivity index (χ0v) is 15.5. The van der Waals surface area contributed by atoms with Crippen molar-refractivity contribution in [3.63, 3.8) is 0 Å². The molecule has 2 amide bonds. The minimum atomic E-state index is -0.604. The standard InChI is InChI=1S/C20H26N4O3/c25-19(22-15-7-3-1-2-4-8-15)18-14-23(11-12-27-18)20(26)16-13-21-24-10-6-5-9-17(16)24/h5-6,9-10,13,15,18H,1-4,7-8,11-12,14H2,(H,22,25)/t18-/m0/s1. The average Bonchev–Trinajstić information content (AvgIpc) is 2.97. The summed E-state index contributed by atoms with van der Waals surface area (Å²) in [5, 5.41) is 7.37. The van der Waals surface area contributed by atoms with Crippen molar-refractivity contribution in [1.29, 1.82) is 0 Å². The summed E-state index contributed by atoms with van der Waals surface area (Å²) in [6.07, 6.45) is 9.68. The summed E-state index contributed by atoms with van der Waals surface area (Å²) in [4.78, 5) is 27.3. The molecule has 4 rings (SSSR count). The van der Waals surface area contributed by atoms with E-state index in [4.69, 9.17) is 4.74 Å². The van der Waals surface area contributed by atoms with Crippen molar-refractivity contribution >= 4 is 17.3 Å². The monoisotopic (exact) mass is 370 g/mol. The van der Waals surface area contributed by atoms with Gasteiger partial charge in [0.25, 0.3) is 11.8 Å². The molecule has 2 aromatic rings. The molecule has 1 saturated heterocycles. The number of rotatable bonds is 3. The minimum Gasteiger partial charge on any atom is -0.365 e. The van der Waals surface area contributed by atoms with Gasteiger partial charge in [-0.2, -0.15) is 5.10 Å². The van der Waals surface area contributed by atoms with Gasteiger partial charge in [-0.05, 0) is 25.0 Å². The highest BCUT2D eigenvalue weighted by molar-refractivity contribution is 6.01. The van der Waals surface area contributed by atoms with Crippen LogP contribution in [0.4, 0.5) is 0 Å². The molecule has 7 heteroatoms. The molecule has 0 bridgehead atoms. The Labute approximate surface area is 158 Å². The fourth-order valence-corrected chi connectivity index (χ4v) is 3.98. The van der Waals surface area contributed by atoms with Crippen molar-refractivity contribution in [1.82, 2.24) is 19.8 Å². The van der Waals surface area contributed by atoms with Crippen LogP contribution in [-0.4, -0.2) is 58.2 Å². The van der Waals surface area contributed by atoms with Gasteiger partial charge in [-0.3, -0.25) is 9.59 Å². The van der Waals surface area contributed by atoms with Crippen LogP contribution in [0.5, 0.6) is 0 Å². The predicted molar refractivity (Wildman–Crippen MR) is 100 cm³/mol. The second kappa shape index (κ2) is 8.08. The third-order valence-corrected chi connectivity index (χ3v) is 5.50. The number of carbonyl (C=O) groups is 2. The Morgan fingerprint density at radius 2 is 1.96 bits per heavy atom. The SMILES string of the molecule is O=C(NC1CCCCCC1)[C@@H]1CN(C(=O)c2cnn3ccccc23)CCO1. The van der Waals surface area contributed by atoms with Gasteiger partial charge in [-0.15, -0.1) is 0 Å². The lowest BCUT2D eigenvalue weighted by molar-refractivity contribution is -0.138. The van der Waals surface area contributed by atoms with Crippen LogP contribution < -0.4 is 5.32 Å². The summed E-state index contributed by atoms with van der Waals surface area (Å²) in [6, 6.07) is 5.86. The molecule has 1 aliphatic carbocycles. The Kier molecular flexibility index (Phi) is 5.38. The maximum absolute atomic E-state index is 13.0. The van der Waals surface area contributed by atoms with Crippen LogP contribution in [0.25, 0.3) is 5.52 Å². The van der Waals surface area contributed by atoms with Gasteiger partial charge in [-0.25, -0.2) is 4.52 Å². The van der Waals surface area contributed by atoms with Crippen LogP contribution in [0.15, 0.2) is 30.6 Å². The highest BCUT2D eigenvalue weighted by Crippen LogP contribution is 2.19. The summed E-state index contributed by atoms with van der Waals surface area (Å²) in [7, 11) is 0. The van der Waals surface area contributed by atoms with Gasteiger partial charge in [0.2, 0.25) is 0 Å². The molecule has 1 saturated carbocycles. The van der Waals surface area contributed by atoms with E-state index in [1.165, 1.54) is 12.8 Å². The molecule has 144 valence electrons. The number of amides is 2. The van der Waals surface area contributed by atoms with E-state index in [1.807, 2.05) is 24.4 Å². The summed E-state index contributed by atoms with van der Waals surface area (Å²) in [5.41, 5.74) is 1.33. The van der Waals surface area contributed by atoms with E-state index in [9.17, 15) is 9.59 Å². The molecular weight excluding hydrogens is 344 g/mol. The molecule has 1 N–H and O–H groups in total. The summed E-state index contributed by atoms with van der Waals surface area (Å²) in [6.45, 7) is 1.13. The largest absolute Gasteiger partial charge is 0.365 e. The minimum absolute atomic E-state index is 0.0979. The number of fused-ring (bicyclic) bond motifs is 1. The van der Waals surface area contributed by atoms with E-state index in [0.29, 0.717) is 18.7 Å². The van der Waals surface area contributed by atoms with Gasteiger partial charge in [0.15, 0.2) is 6.10 Å². The van der Waals surface area contributed by atoms with Crippen LogP contribution in [0.2, 0.25) is 0 Å². The van der Waals surface area contributed by atoms with Crippen molar-refractivity contribution in [3.8, 4) is 0 Å². The smallest absolute Gasteiger partial charge is 0.257 e. The summed E-state index contributed by atoms with van der Waals surface area (Å²) < 4.78 is 7.36. The fraction of sp³-hybridized carbons (Fsp3) is 0.550. The van der Waals surface area contributed by atoms with E-state index in [1.54, 1.807) is 15.6 Å². The Hall–Kier alpha value is -2.41. The quantitative estimate of drug-likeness (QED) is 0.839. The van der Waals surface area contributed by atoms with Gasteiger partial charge in [-0.1, -0.05) is 31.7 Å². The molecule has 1 aliphatic heterocycles. The zero-order chi connectivity index (χ0) is 18.6. The summed E-state index contributed by atoms with van der Waals surface area (Å²) in [5.74, 6) is -0.203. The average molecular weight is 370 g/mol. The van der Waals surface area contributed by atoms with Crippen molar-refractivity contribution in [2.75, 3.05) is 19.7 Å². The number of aromatic nitrogens is 2. The molecule has 2 fully saturated rings. The lowest BCUT2D eigenvalue weighted by Gasteiger charge is -2.33. The number of nitrogens with one attached hydrogen (secondary N) is 1. The Morgan fingerprint density at radius 1 is 1.15 bits per heavy atom. The molecule has 1 atom stereocenters. The van der Waals surface area contributed by atoms with Crippen LogP contribution in [0, 0.1) is 0 Å². The molecule has 2 aliphatic rings. The molecule has 0 aromatic carbocycles. The van der Waals surface area contributed by atoms with Gasteiger partial charge in [0.1, 0.15) is 0 Å². The van der Waals surface area contributed by atoms with Gasteiger partial charge in [0.05, 0.1) is 30.4 Å². The maximum atomic E-state index is 13.0. The molecule has 3 heterocycles. The number of hydrogen-bond acceptors (Lipinski definition) is 4. The number of morpholine rings is 1. The first kappa shape index (κ1) is 18.0. The first-order valence-corrected chi connectivity index (χ1v) is 9.86. The molecule has 2 aromatic heterocycles. The molecule has 0 spiro atoms. The van der Waals surface area contributed by atoms with Crippen molar-refractivity contribution in [2.45, 2.75) is 50.7 Å². The molecule has 0 unspecified atom stereocenters. The lowest BCUT2D eigenvalue weighted by Crippen LogP contribution is -2.53. The van der Waals surface area contributed by atoms with Crippen LogP contribution in [0.1, 0.15) is 48.9 Å². The fourth-order valence-electron chi connectivity index (χ4n) is 3.98. The van der Waals surface area contributed by atoms with Crippen molar-refractivity contribution < 1.29 is 14.3 Å². The third kappa shape index (κ3) is 3.98. The number of pyridine rings is 1. The molecule has 27 heavy (non-hydrogen) atoms. The van der Waals surface area contributed by atoms with Crippen LogP contribution >= 0.6 is 0 Å². The number of ether oxygens (including phenoxy) is 1. The molecule has 0 radical (unpaired) electrons. The van der Waals surface area contributed by atoms with Gasteiger partial charge >= 0.3 is 0 Å². The maximum Gasteiger partial charge on any atom is 0.257 e. The highest BCUT2D eigenvalue weighted by Gasteiger charge is 2.31. The number of hydrogen-bond donors (Lipinski definition) is 1. The van der Waals surface area contributed by atoms with Gasteiger partial charge in [0, 0.05) is 18.8 Å². The second-order valence-electron chi connectivity index (χ2n) is 7.40. The zero-order valence-electron chi connectivity index (χ0n) is 15.5. The number of nitrogens with zero attached hydrogens (tertiary/aromatic N) is 3. The predicted octanol–water partition coefficient (Wildman–Crippen LogP) is 2.01. The second-order valence-corrected chi connectivity index (χ2v) is 7.40. The highest BCUT2D eigenvalue weighted by atomic mass is 16.5. The topological polar surface area (TPSA) is 75.9 Å². The van der Waals surface area contributed by atoms with E-state index < -0.39 is 6.10 Å². The van der Waals surface area contributed by atoms with Gasteiger partial charge < -0.3 is 15.0 Å². The Balaban J connectivity index is 1.41. The molecular formula is C20H26N4O3. The third-order valence-electron chi connectivity index (χ3n) is 5.50. The Bertz CT molecular complexity index is 810. The van der Waals surface area contributed by atoms with Crippen LogP contribution in [0.3, 0.4) is 0 Å². The van der Waals surface area contributed by atoms with Crippen molar-refractivity contribution in [3.05, 3.63) is 36.2 Å². The molecule has 7 nitrogen and oxygen atoms in total. The van der Waals surface area contributed by atoms with Crippen LogP contribution in [-0.2, 0) is 9.53 Å². The Morgan fingerprint density at radius 3 is 2.78 bits per heavy atom. The van der Waals surface area contributed by atoms with E-state index in [-0.39, 0.29) is 24.4 Å². The van der Waals surface area contributed by atoms with E-state index in [0.717, 1.165) is 31.2 Å². The normalized spacial score (nSPS) is 21.8. The van der Waals surface area contributed by atoms with E-state index in [2.05, 4.69) is 10.4 Å². The first-order valence-electron chi connectivity index (χ1n) is 9.86.